The predicted molar refractivity (Wildman–Crippen MR) is 178 cm³/mol. The molecule has 0 radical (unpaired) electrons. The lowest BCUT2D eigenvalue weighted by atomic mass is 10.1. The number of hydrogen-bond acceptors (Lipinski definition) is 10. The van der Waals surface area contributed by atoms with Gasteiger partial charge in [-0.15, -0.1) is 0 Å². The van der Waals surface area contributed by atoms with Crippen LogP contribution in [0.5, 0.6) is 0 Å². The molecule has 4 heterocycles. The third kappa shape index (κ3) is 5.91. The third-order valence-electron chi connectivity index (χ3n) is 9.18. The van der Waals surface area contributed by atoms with Crippen molar-refractivity contribution >= 4 is 44.4 Å². The molecule has 10 nitrogen and oxygen atoms in total. The molecule has 3 aliphatic rings. The van der Waals surface area contributed by atoms with Gasteiger partial charge < -0.3 is 24.4 Å². The van der Waals surface area contributed by atoms with Gasteiger partial charge in [-0.2, -0.15) is 5.26 Å². The number of rotatable bonds is 8. The van der Waals surface area contributed by atoms with Crippen molar-refractivity contribution in [3.63, 3.8) is 0 Å². The maximum atomic E-state index is 13.6. The van der Waals surface area contributed by atoms with E-state index in [4.69, 9.17) is 9.72 Å². The number of piperazine rings is 1. The van der Waals surface area contributed by atoms with Crippen molar-refractivity contribution < 1.29 is 13.9 Å². The van der Waals surface area contributed by atoms with Crippen LogP contribution in [0.1, 0.15) is 30.7 Å². The number of Topliss-reactive ketones (excluding diaryl/α,β-unsaturated/α-hetero) is 1. The highest BCUT2D eigenvalue weighted by atomic mass is 32.1. The predicted octanol–water partition coefficient (Wildman–Crippen LogP) is 4.31. The number of pyridine rings is 1. The van der Waals surface area contributed by atoms with Crippen molar-refractivity contribution in [3.05, 3.63) is 69.7 Å². The number of nitrogens with one attached hydrogen (secondary N) is 1. The summed E-state index contributed by atoms with van der Waals surface area (Å²) in [4.78, 5) is 38.2. The van der Waals surface area contributed by atoms with Crippen LogP contribution in [-0.2, 0) is 9.53 Å². The van der Waals surface area contributed by atoms with E-state index in [-0.39, 0.29) is 29.2 Å². The Kier molecular flexibility index (Phi) is 8.33. The molecule has 2 atom stereocenters. The second kappa shape index (κ2) is 12.6. The number of carbonyl (C=O) groups is 1. The van der Waals surface area contributed by atoms with Crippen LogP contribution in [0.25, 0.3) is 22.0 Å². The number of halogens is 1. The smallest absolute Gasteiger partial charge is 0.258 e. The largest absolute Gasteiger partial charge is 0.369 e. The Morgan fingerprint density at radius 1 is 1.15 bits per heavy atom. The highest BCUT2D eigenvalue weighted by Crippen LogP contribution is 2.40. The number of morpholine rings is 1. The number of hydrogen-bond donors (Lipinski definition) is 1. The van der Waals surface area contributed by atoms with Gasteiger partial charge in [0.25, 0.3) is 5.56 Å². The van der Waals surface area contributed by atoms with Crippen molar-refractivity contribution in [1.29, 1.82) is 5.26 Å². The van der Waals surface area contributed by atoms with Crippen LogP contribution in [0, 0.1) is 17.1 Å². The van der Waals surface area contributed by atoms with Crippen LogP contribution in [0.15, 0.2) is 53.5 Å². The topological polar surface area (TPSA) is 107 Å². The Bertz CT molecular complexity index is 1870. The molecular weight excluding hydrogens is 605 g/mol. The van der Waals surface area contributed by atoms with E-state index in [9.17, 15) is 19.2 Å². The summed E-state index contributed by atoms with van der Waals surface area (Å²) in [6, 6.07) is 14.4. The molecule has 7 rings (SSSR count). The molecule has 0 amide bonds. The Labute approximate surface area is 270 Å². The van der Waals surface area contributed by atoms with Crippen LogP contribution in [0.4, 0.5) is 20.9 Å². The first-order chi connectivity index (χ1) is 22.3. The number of carbonyl (C=O) groups excluding carboxylic acids is 1. The van der Waals surface area contributed by atoms with Gasteiger partial charge in [0.05, 0.1) is 18.8 Å². The lowest BCUT2D eigenvalue weighted by Crippen LogP contribution is -2.54. The Balaban J connectivity index is 1.16. The Morgan fingerprint density at radius 2 is 1.91 bits per heavy atom. The zero-order chi connectivity index (χ0) is 31.9. The van der Waals surface area contributed by atoms with Gasteiger partial charge in [0.15, 0.2) is 10.9 Å². The minimum atomic E-state index is -0.406. The average Bonchev–Trinajstić information content (AvgIpc) is 3.83. The van der Waals surface area contributed by atoms with Crippen LogP contribution >= 0.6 is 11.3 Å². The quantitative estimate of drug-likeness (QED) is 0.301. The number of ketones is 1. The molecule has 4 aromatic rings. The first kappa shape index (κ1) is 30.5. The molecule has 2 aliphatic heterocycles. The van der Waals surface area contributed by atoms with Gasteiger partial charge in [0.1, 0.15) is 28.6 Å². The Hall–Kier alpha value is -4.15. The first-order valence-corrected chi connectivity index (χ1v) is 16.6. The molecule has 1 saturated carbocycles. The summed E-state index contributed by atoms with van der Waals surface area (Å²) < 4.78 is 21.2. The molecule has 238 valence electrons. The summed E-state index contributed by atoms with van der Waals surface area (Å²) in [7, 11) is 1.90. The molecule has 1 aliphatic carbocycles. The van der Waals surface area contributed by atoms with E-state index in [1.807, 2.05) is 41.8 Å². The fraction of sp³-hybridized carbons (Fsp3) is 0.412. The number of anilines is 3. The van der Waals surface area contributed by atoms with Crippen LogP contribution in [0.3, 0.4) is 0 Å². The van der Waals surface area contributed by atoms with Gasteiger partial charge in [-0.3, -0.25) is 14.5 Å². The molecule has 2 saturated heterocycles. The maximum Gasteiger partial charge on any atom is 0.258 e. The van der Waals surface area contributed by atoms with E-state index in [1.165, 1.54) is 23.5 Å². The zero-order valence-corrected chi connectivity index (χ0v) is 26.7. The molecule has 2 aromatic heterocycles. The minimum Gasteiger partial charge on any atom is -0.369 e. The van der Waals surface area contributed by atoms with Crippen LogP contribution in [-0.4, -0.2) is 85.3 Å². The number of aromatic nitrogens is 2. The van der Waals surface area contributed by atoms with Crippen molar-refractivity contribution in [3.8, 4) is 17.3 Å². The normalized spacial score (nSPS) is 20.5. The standard InChI is InChI=1S/C34H36FN7O3S/c1-21-32(45-16-11-37-21)29(43)20-40-12-14-41(15-13-40)25-9-10-26-27(17-25)28(19-42(33(26)44)24-7-8-24)39(2)34-38-31(30(18-36)46-34)22-3-5-23(35)6-4-22/h3-6,9-10,17,19,21,24,32,37H,7-8,11-16,20H2,1-2H3. The summed E-state index contributed by atoms with van der Waals surface area (Å²) in [6.45, 7) is 6.68. The second-order valence-corrected chi connectivity index (χ2v) is 13.3. The van der Waals surface area contributed by atoms with Crippen molar-refractivity contribution in [2.45, 2.75) is 38.0 Å². The average molecular weight is 642 g/mol. The molecule has 46 heavy (non-hydrogen) atoms. The monoisotopic (exact) mass is 641 g/mol. The molecule has 0 bridgehead atoms. The van der Waals surface area contributed by atoms with E-state index >= 15 is 0 Å². The van der Waals surface area contributed by atoms with E-state index in [0.29, 0.717) is 39.8 Å². The molecule has 12 heteroatoms. The first-order valence-electron chi connectivity index (χ1n) is 15.7. The molecule has 3 fully saturated rings. The maximum absolute atomic E-state index is 13.6. The van der Waals surface area contributed by atoms with Crippen molar-refractivity contribution in [2.75, 3.05) is 62.7 Å². The molecule has 2 unspecified atom stereocenters. The summed E-state index contributed by atoms with van der Waals surface area (Å²) >= 11 is 1.27. The summed E-state index contributed by atoms with van der Waals surface area (Å²) in [6.07, 6.45) is 3.44. The van der Waals surface area contributed by atoms with Gasteiger partial charge in [-0.25, -0.2) is 9.37 Å². The van der Waals surface area contributed by atoms with Crippen molar-refractivity contribution in [1.82, 2.24) is 19.8 Å². The third-order valence-corrected chi connectivity index (χ3v) is 10.2. The van der Waals surface area contributed by atoms with Crippen LogP contribution in [0.2, 0.25) is 0 Å². The lowest BCUT2D eigenvalue weighted by Gasteiger charge is -2.37. The molecular formula is C34H36FN7O3S. The Morgan fingerprint density at radius 3 is 2.61 bits per heavy atom. The van der Waals surface area contributed by atoms with E-state index in [0.717, 1.165) is 62.3 Å². The summed E-state index contributed by atoms with van der Waals surface area (Å²) in [5, 5.41) is 15.3. The van der Waals surface area contributed by atoms with E-state index in [2.05, 4.69) is 27.3 Å². The van der Waals surface area contributed by atoms with Crippen molar-refractivity contribution in [2.24, 2.45) is 0 Å². The number of fused-ring (bicyclic) bond motifs is 1. The fourth-order valence-electron chi connectivity index (χ4n) is 6.42. The summed E-state index contributed by atoms with van der Waals surface area (Å²) in [5.74, 6) is -0.238. The number of benzene rings is 2. The molecule has 1 N–H and O–H groups in total. The SMILES string of the molecule is CC1NCCOC1C(=O)CN1CCN(c2ccc3c(=O)n(C4CC4)cc(N(C)c4nc(-c5ccc(F)cc5)c(C#N)s4)c3c2)CC1. The molecule has 0 spiro atoms. The lowest BCUT2D eigenvalue weighted by molar-refractivity contribution is -0.135. The van der Waals surface area contributed by atoms with E-state index < -0.39 is 6.10 Å². The van der Waals surface area contributed by atoms with Crippen LogP contribution < -0.4 is 20.7 Å². The minimum absolute atomic E-state index is 0.0120. The highest BCUT2D eigenvalue weighted by Gasteiger charge is 2.31. The number of nitrogens with zero attached hydrogens (tertiary/aromatic N) is 6. The summed E-state index contributed by atoms with van der Waals surface area (Å²) in [5.41, 5.74) is 3.00. The van der Waals surface area contributed by atoms with Gasteiger partial charge in [0.2, 0.25) is 0 Å². The number of thiazole rings is 1. The highest BCUT2D eigenvalue weighted by molar-refractivity contribution is 7.16. The number of ether oxygens (including phenoxy) is 1. The fourth-order valence-corrected chi connectivity index (χ4v) is 7.28. The van der Waals surface area contributed by atoms with Gasteiger partial charge in [-0.1, -0.05) is 11.3 Å². The van der Waals surface area contributed by atoms with E-state index in [1.54, 1.807) is 12.1 Å². The molecule has 2 aromatic carbocycles. The zero-order valence-electron chi connectivity index (χ0n) is 25.9. The van der Waals surface area contributed by atoms with Gasteiger partial charge in [0, 0.05) is 80.1 Å². The van der Waals surface area contributed by atoms with Gasteiger partial charge in [-0.05, 0) is 62.2 Å². The number of nitriles is 1. The second-order valence-electron chi connectivity index (χ2n) is 12.3. The van der Waals surface area contributed by atoms with Gasteiger partial charge >= 0.3 is 0 Å².